The van der Waals surface area contributed by atoms with Crippen molar-refractivity contribution in [3.63, 3.8) is 0 Å². The van der Waals surface area contributed by atoms with Gasteiger partial charge in [-0.25, -0.2) is 4.79 Å². The van der Waals surface area contributed by atoms with Crippen LogP contribution in [0.3, 0.4) is 0 Å². The molecule has 1 rings (SSSR count). The molecule has 0 spiro atoms. The first-order valence-corrected chi connectivity index (χ1v) is 5.30. The summed E-state index contributed by atoms with van der Waals surface area (Å²) in [4.78, 5) is 11.2. The Hall–Kier alpha value is -1.23. The minimum absolute atomic E-state index is 0.362. The van der Waals surface area contributed by atoms with Gasteiger partial charge in [-0.2, -0.15) is 0 Å². The molecule has 0 unspecified atom stereocenters. The number of halogens is 1. The van der Waals surface area contributed by atoms with E-state index in [4.69, 9.17) is 9.47 Å². The Morgan fingerprint density at radius 3 is 2.60 bits per heavy atom. The molecule has 4 nitrogen and oxygen atoms in total. The van der Waals surface area contributed by atoms with E-state index in [1.165, 1.54) is 14.2 Å². The lowest BCUT2D eigenvalue weighted by Crippen LogP contribution is -2.02. The SMILES string of the molecule is COC(=O)c1ccc(OCBr)c(OC)c1. The number of benzene rings is 1. The second-order valence-electron chi connectivity index (χ2n) is 2.61. The van der Waals surface area contributed by atoms with Crippen LogP contribution in [0.15, 0.2) is 18.2 Å². The van der Waals surface area contributed by atoms with Crippen molar-refractivity contribution in [3.8, 4) is 11.5 Å². The number of rotatable bonds is 4. The van der Waals surface area contributed by atoms with Crippen molar-refractivity contribution in [2.24, 2.45) is 0 Å². The molecule has 0 saturated heterocycles. The van der Waals surface area contributed by atoms with E-state index in [0.717, 1.165) is 0 Å². The summed E-state index contributed by atoms with van der Waals surface area (Å²) in [6.07, 6.45) is 0. The number of carbonyl (C=O) groups excluding carboxylic acids is 1. The maximum absolute atomic E-state index is 11.2. The van der Waals surface area contributed by atoms with Gasteiger partial charge in [-0.15, -0.1) is 0 Å². The van der Waals surface area contributed by atoms with Crippen LogP contribution in [0.5, 0.6) is 11.5 Å². The molecule has 0 aliphatic heterocycles. The molecule has 0 saturated carbocycles. The molecule has 0 aromatic heterocycles. The second-order valence-corrected chi connectivity index (χ2v) is 3.07. The highest BCUT2D eigenvalue weighted by Gasteiger charge is 2.10. The molecule has 0 atom stereocenters. The molecule has 82 valence electrons. The number of hydrogen-bond acceptors (Lipinski definition) is 4. The molecule has 0 heterocycles. The molecule has 0 bridgehead atoms. The first kappa shape index (κ1) is 11.8. The molecular weight excluding hydrogens is 264 g/mol. The zero-order chi connectivity index (χ0) is 11.3. The van der Waals surface area contributed by atoms with E-state index in [-0.39, 0.29) is 0 Å². The summed E-state index contributed by atoms with van der Waals surface area (Å²) in [6, 6.07) is 4.85. The molecule has 0 aliphatic carbocycles. The van der Waals surface area contributed by atoms with E-state index in [1.807, 2.05) is 0 Å². The Bertz CT molecular complexity index is 351. The van der Waals surface area contributed by atoms with E-state index in [2.05, 4.69) is 20.7 Å². The van der Waals surface area contributed by atoms with Crippen molar-refractivity contribution in [3.05, 3.63) is 23.8 Å². The van der Waals surface area contributed by atoms with Gasteiger partial charge in [0.05, 0.1) is 19.8 Å². The number of esters is 1. The quantitative estimate of drug-likeness (QED) is 0.624. The lowest BCUT2D eigenvalue weighted by molar-refractivity contribution is 0.0600. The number of methoxy groups -OCH3 is 2. The van der Waals surface area contributed by atoms with Gasteiger partial charge in [0.1, 0.15) is 5.52 Å². The topological polar surface area (TPSA) is 44.8 Å². The highest BCUT2D eigenvalue weighted by molar-refractivity contribution is 9.09. The van der Waals surface area contributed by atoms with E-state index < -0.39 is 5.97 Å². The molecule has 0 amide bonds. The zero-order valence-electron chi connectivity index (χ0n) is 8.45. The minimum atomic E-state index is -0.404. The van der Waals surface area contributed by atoms with Crippen LogP contribution < -0.4 is 9.47 Å². The predicted octanol–water partition coefficient (Wildman–Crippen LogP) is 2.21. The number of ether oxygens (including phenoxy) is 3. The molecule has 15 heavy (non-hydrogen) atoms. The summed E-state index contributed by atoms with van der Waals surface area (Å²) in [7, 11) is 2.84. The van der Waals surface area contributed by atoms with Crippen LogP contribution in [0.25, 0.3) is 0 Å². The van der Waals surface area contributed by atoms with Crippen molar-refractivity contribution in [2.75, 3.05) is 19.7 Å². The van der Waals surface area contributed by atoms with Crippen molar-refractivity contribution in [2.45, 2.75) is 0 Å². The zero-order valence-corrected chi connectivity index (χ0v) is 10.0. The summed E-state index contributed by atoms with van der Waals surface area (Å²) in [5.74, 6) is 0.665. The van der Waals surface area contributed by atoms with Gasteiger partial charge in [0, 0.05) is 0 Å². The maximum Gasteiger partial charge on any atom is 0.337 e. The third-order valence-corrected chi connectivity index (χ3v) is 2.02. The summed E-state index contributed by atoms with van der Waals surface area (Å²) in [6.45, 7) is 0. The Kier molecular flexibility index (Phi) is 4.42. The Labute approximate surface area is 96.3 Å². The smallest absolute Gasteiger partial charge is 0.337 e. The fourth-order valence-corrected chi connectivity index (χ4v) is 1.34. The van der Waals surface area contributed by atoms with Crippen LogP contribution >= 0.6 is 15.9 Å². The molecule has 1 aromatic rings. The van der Waals surface area contributed by atoms with Gasteiger partial charge in [0.2, 0.25) is 0 Å². The normalized spacial score (nSPS) is 9.53. The fraction of sp³-hybridized carbons (Fsp3) is 0.300. The highest BCUT2D eigenvalue weighted by atomic mass is 79.9. The molecular formula is C10H11BrO4. The first-order chi connectivity index (χ1) is 7.22. The standard InChI is InChI=1S/C10H11BrO4/c1-13-9-5-7(10(12)14-2)3-4-8(9)15-6-11/h3-5H,6H2,1-2H3. The largest absolute Gasteiger partial charge is 0.493 e. The predicted molar refractivity (Wildman–Crippen MR) is 58.8 cm³/mol. The van der Waals surface area contributed by atoms with E-state index in [1.54, 1.807) is 18.2 Å². The number of hydrogen-bond donors (Lipinski definition) is 0. The van der Waals surface area contributed by atoms with Gasteiger partial charge < -0.3 is 14.2 Å². The van der Waals surface area contributed by atoms with Gasteiger partial charge in [0.15, 0.2) is 11.5 Å². The molecule has 0 aliphatic rings. The van der Waals surface area contributed by atoms with Crippen LogP contribution in [0.2, 0.25) is 0 Å². The third kappa shape index (κ3) is 2.86. The molecule has 1 aromatic carbocycles. The highest BCUT2D eigenvalue weighted by Crippen LogP contribution is 2.28. The summed E-state index contributed by atoms with van der Waals surface area (Å²) in [5, 5.41) is 0. The van der Waals surface area contributed by atoms with Crippen molar-refractivity contribution in [1.29, 1.82) is 0 Å². The average molecular weight is 275 g/mol. The van der Waals surface area contributed by atoms with Gasteiger partial charge >= 0.3 is 5.97 Å². The first-order valence-electron chi connectivity index (χ1n) is 4.18. The van der Waals surface area contributed by atoms with Crippen molar-refractivity contribution >= 4 is 21.9 Å². The van der Waals surface area contributed by atoms with E-state index >= 15 is 0 Å². The molecule has 0 fully saturated rings. The maximum atomic E-state index is 11.2. The minimum Gasteiger partial charge on any atom is -0.493 e. The van der Waals surface area contributed by atoms with E-state index in [9.17, 15) is 4.79 Å². The van der Waals surface area contributed by atoms with Crippen LogP contribution in [0.1, 0.15) is 10.4 Å². The lowest BCUT2D eigenvalue weighted by atomic mass is 10.2. The van der Waals surface area contributed by atoms with Crippen LogP contribution in [0, 0.1) is 0 Å². The van der Waals surface area contributed by atoms with E-state index in [0.29, 0.717) is 22.6 Å². The molecule has 5 heteroatoms. The average Bonchev–Trinajstić information content (AvgIpc) is 2.29. The summed E-state index contributed by atoms with van der Waals surface area (Å²) in [5.41, 5.74) is 0.789. The van der Waals surface area contributed by atoms with Crippen molar-refractivity contribution < 1.29 is 19.0 Å². The fourth-order valence-electron chi connectivity index (χ4n) is 1.09. The second kappa shape index (κ2) is 5.60. The van der Waals surface area contributed by atoms with Gasteiger partial charge in [-0.1, -0.05) is 0 Å². The van der Waals surface area contributed by atoms with Crippen LogP contribution in [-0.4, -0.2) is 25.7 Å². The number of carbonyl (C=O) groups is 1. The summed E-state index contributed by atoms with van der Waals surface area (Å²) < 4.78 is 14.9. The summed E-state index contributed by atoms with van der Waals surface area (Å²) >= 11 is 3.14. The number of alkyl halides is 1. The molecule has 0 N–H and O–H groups in total. The van der Waals surface area contributed by atoms with Crippen LogP contribution in [-0.2, 0) is 4.74 Å². The van der Waals surface area contributed by atoms with Gasteiger partial charge in [-0.3, -0.25) is 0 Å². The molecule has 0 radical (unpaired) electrons. The van der Waals surface area contributed by atoms with Crippen LogP contribution in [0.4, 0.5) is 0 Å². The Balaban J connectivity index is 3.01. The van der Waals surface area contributed by atoms with Gasteiger partial charge in [0.25, 0.3) is 0 Å². The monoisotopic (exact) mass is 274 g/mol. The van der Waals surface area contributed by atoms with Crippen molar-refractivity contribution in [1.82, 2.24) is 0 Å². The lowest BCUT2D eigenvalue weighted by Gasteiger charge is -2.09. The third-order valence-electron chi connectivity index (χ3n) is 1.79. The Morgan fingerprint density at radius 2 is 2.07 bits per heavy atom. The Morgan fingerprint density at radius 1 is 1.33 bits per heavy atom. The van der Waals surface area contributed by atoms with Gasteiger partial charge in [-0.05, 0) is 34.1 Å².